The van der Waals surface area contributed by atoms with Gasteiger partial charge in [-0.2, -0.15) is 0 Å². The number of aryl methyl sites for hydroxylation is 2. The molecule has 0 saturated carbocycles. The zero-order valence-corrected chi connectivity index (χ0v) is 14.6. The third kappa shape index (κ3) is 2.72. The maximum atomic E-state index is 12.6. The van der Waals surface area contributed by atoms with Gasteiger partial charge in [-0.3, -0.25) is 4.79 Å². The van der Waals surface area contributed by atoms with Crippen molar-refractivity contribution in [1.29, 1.82) is 0 Å². The van der Waals surface area contributed by atoms with E-state index in [1.54, 1.807) is 0 Å². The van der Waals surface area contributed by atoms with Crippen LogP contribution in [0.1, 0.15) is 24.0 Å². The number of hydrogen-bond acceptors (Lipinski definition) is 3. The van der Waals surface area contributed by atoms with Crippen molar-refractivity contribution in [3.8, 4) is 5.75 Å². The van der Waals surface area contributed by atoms with Crippen LogP contribution in [0.4, 0.5) is 0 Å². The highest BCUT2D eigenvalue weighted by Gasteiger charge is 2.56. The molecule has 5 heteroatoms. The van der Waals surface area contributed by atoms with E-state index in [0.717, 1.165) is 18.8 Å². The van der Waals surface area contributed by atoms with Crippen LogP contribution in [0.5, 0.6) is 5.75 Å². The molecule has 3 aliphatic rings. The average molecular weight is 337 g/mol. The van der Waals surface area contributed by atoms with Crippen molar-refractivity contribution in [3.05, 3.63) is 29.3 Å². The molecule has 4 atom stereocenters. The first-order chi connectivity index (χ1) is 10.6. The molecule has 2 bridgehead atoms. The maximum Gasteiger partial charge on any atom is 0.261 e. The molecule has 3 fully saturated rings. The van der Waals surface area contributed by atoms with E-state index < -0.39 is 0 Å². The molecule has 0 spiro atoms. The first-order valence-electron chi connectivity index (χ1n) is 8.37. The third-order valence-electron chi connectivity index (χ3n) is 5.90. The lowest BCUT2D eigenvalue weighted by Gasteiger charge is -2.24. The number of hydrogen-bond donors (Lipinski definition) is 1. The molecule has 1 amide bonds. The number of benzene rings is 1. The summed E-state index contributed by atoms with van der Waals surface area (Å²) in [7, 11) is 0. The average Bonchev–Trinajstić information content (AvgIpc) is 3.19. The van der Waals surface area contributed by atoms with Crippen LogP contribution in [0.25, 0.3) is 0 Å². The zero-order chi connectivity index (χ0) is 15.3. The molecule has 0 unspecified atom stereocenters. The quantitative estimate of drug-likeness (QED) is 0.921. The van der Waals surface area contributed by atoms with Crippen LogP contribution in [0.15, 0.2) is 18.2 Å². The number of ether oxygens (including phenoxy) is 1. The van der Waals surface area contributed by atoms with E-state index in [1.807, 2.05) is 18.2 Å². The van der Waals surface area contributed by atoms with Gasteiger partial charge in [-0.1, -0.05) is 6.07 Å². The number of nitrogens with zero attached hydrogens (tertiary/aromatic N) is 1. The molecular formula is C18H25ClN2O2. The Labute approximate surface area is 144 Å². The van der Waals surface area contributed by atoms with Gasteiger partial charge in [0.2, 0.25) is 0 Å². The van der Waals surface area contributed by atoms with Gasteiger partial charge in [0.05, 0.1) is 0 Å². The van der Waals surface area contributed by atoms with Gasteiger partial charge in [-0.15, -0.1) is 12.4 Å². The second kappa shape index (κ2) is 6.33. The molecule has 3 heterocycles. The van der Waals surface area contributed by atoms with Gasteiger partial charge in [0.15, 0.2) is 6.61 Å². The van der Waals surface area contributed by atoms with Gasteiger partial charge in [0.25, 0.3) is 5.91 Å². The van der Waals surface area contributed by atoms with Gasteiger partial charge in [0.1, 0.15) is 5.75 Å². The van der Waals surface area contributed by atoms with Crippen molar-refractivity contribution in [2.45, 2.75) is 38.8 Å². The summed E-state index contributed by atoms with van der Waals surface area (Å²) in [4.78, 5) is 14.8. The van der Waals surface area contributed by atoms with E-state index in [-0.39, 0.29) is 24.9 Å². The molecule has 3 aliphatic heterocycles. The largest absolute Gasteiger partial charge is 0.484 e. The van der Waals surface area contributed by atoms with Crippen LogP contribution in [-0.4, -0.2) is 42.6 Å². The van der Waals surface area contributed by atoms with Gasteiger partial charge in [0, 0.05) is 25.2 Å². The third-order valence-corrected chi connectivity index (χ3v) is 5.90. The Hall–Kier alpha value is -1.26. The summed E-state index contributed by atoms with van der Waals surface area (Å²) in [6.07, 6.45) is 2.34. The van der Waals surface area contributed by atoms with Gasteiger partial charge in [-0.25, -0.2) is 0 Å². The highest BCUT2D eigenvalue weighted by Crippen LogP contribution is 2.47. The number of carbonyl (C=O) groups excluding carboxylic acids is 1. The summed E-state index contributed by atoms with van der Waals surface area (Å²) in [5.41, 5.74) is 2.45. The predicted octanol–water partition coefficient (Wildman–Crippen LogP) is 2.31. The number of carbonyl (C=O) groups is 1. The molecule has 0 aliphatic carbocycles. The highest BCUT2D eigenvalue weighted by molar-refractivity contribution is 5.85. The van der Waals surface area contributed by atoms with E-state index in [2.05, 4.69) is 24.1 Å². The number of rotatable bonds is 3. The number of nitrogens with one attached hydrogen (secondary N) is 1. The molecule has 4 nitrogen and oxygen atoms in total. The van der Waals surface area contributed by atoms with Crippen LogP contribution in [0.3, 0.4) is 0 Å². The van der Waals surface area contributed by atoms with Crippen LogP contribution < -0.4 is 10.1 Å². The van der Waals surface area contributed by atoms with Crippen LogP contribution >= 0.6 is 12.4 Å². The molecule has 126 valence electrons. The van der Waals surface area contributed by atoms with Crippen LogP contribution in [0, 0.1) is 25.7 Å². The van der Waals surface area contributed by atoms with Crippen molar-refractivity contribution in [3.63, 3.8) is 0 Å². The van der Waals surface area contributed by atoms with Gasteiger partial charge >= 0.3 is 0 Å². The Morgan fingerprint density at radius 1 is 1.17 bits per heavy atom. The summed E-state index contributed by atoms with van der Waals surface area (Å²) in [5, 5.41) is 3.48. The zero-order valence-electron chi connectivity index (χ0n) is 13.7. The summed E-state index contributed by atoms with van der Waals surface area (Å²) in [6.45, 7) is 6.47. The van der Waals surface area contributed by atoms with Crippen molar-refractivity contribution in [1.82, 2.24) is 10.2 Å². The van der Waals surface area contributed by atoms with Gasteiger partial charge < -0.3 is 15.0 Å². The number of fused-ring (bicyclic) bond motifs is 5. The van der Waals surface area contributed by atoms with Crippen LogP contribution in [-0.2, 0) is 4.79 Å². The van der Waals surface area contributed by atoms with Crippen LogP contribution in [0.2, 0.25) is 0 Å². The summed E-state index contributed by atoms with van der Waals surface area (Å²) >= 11 is 0. The monoisotopic (exact) mass is 336 g/mol. The van der Waals surface area contributed by atoms with Gasteiger partial charge in [-0.05, 0) is 61.8 Å². The second-order valence-electron chi connectivity index (χ2n) is 7.03. The Bertz CT molecular complexity index is 589. The lowest BCUT2D eigenvalue weighted by molar-refractivity contribution is -0.135. The minimum Gasteiger partial charge on any atom is -0.484 e. The van der Waals surface area contributed by atoms with E-state index in [1.165, 1.54) is 24.0 Å². The number of amides is 1. The Morgan fingerprint density at radius 2 is 1.83 bits per heavy atom. The lowest BCUT2D eigenvalue weighted by atomic mass is 9.82. The Morgan fingerprint density at radius 3 is 2.43 bits per heavy atom. The normalized spacial score (nSPS) is 31.0. The SMILES string of the molecule is Cc1ccc(OCC(=O)N2[C@@H]3CC[C@H]2[C@H]2CNC[C@H]23)cc1C.Cl. The number of halogens is 1. The van der Waals surface area contributed by atoms with E-state index >= 15 is 0 Å². The maximum absolute atomic E-state index is 12.6. The minimum atomic E-state index is 0. The van der Waals surface area contributed by atoms with E-state index in [9.17, 15) is 4.79 Å². The topological polar surface area (TPSA) is 41.6 Å². The van der Waals surface area contributed by atoms with Crippen molar-refractivity contribution >= 4 is 18.3 Å². The smallest absolute Gasteiger partial charge is 0.261 e. The molecule has 1 aromatic carbocycles. The van der Waals surface area contributed by atoms with E-state index in [0.29, 0.717) is 23.9 Å². The molecule has 0 aromatic heterocycles. The van der Waals surface area contributed by atoms with Crippen molar-refractivity contribution < 1.29 is 9.53 Å². The summed E-state index contributed by atoms with van der Waals surface area (Å²) in [6, 6.07) is 6.90. The highest BCUT2D eigenvalue weighted by atomic mass is 35.5. The summed E-state index contributed by atoms with van der Waals surface area (Å²) < 4.78 is 5.76. The fourth-order valence-corrected chi connectivity index (χ4v) is 4.66. The van der Waals surface area contributed by atoms with Crippen molar-refractivity contribution in [2.75, 3.05) is 19.7 Å². The first kappa shape index (κ1) is 16.6. The standard InChI is InChI=1S/C18H24N2O2.ClH/c1-11-3-4-13(7-12(11)2)22-10-18(21)20-16-5-6-17(20)15-9-19-8-14(15)16;/h3-4,7,14-17,19H,5-6,8-10H2,1-2H3;1H/t14-,15+,16-,17+;. The molecule has 3 saturated heterocycles. The first-order valence-corrected chi connectivity index (χ1v) is 8.37. The van der Waals surface area contributed by atoms with E-state index in [4.69, 9.17) is 4.74 Å². The fourth-order valence-electron chi connectivity index (χ4n) is 4.66. The minimum absolute atomic E-state index is 0. The molecule has 1 N–H and O–H groups in total. The Kier molecular flexibility index (Phi) is 4.56. The molecule has 1 aromatic rings. The molecule has 4 rings (SSSR count). The van der Waals surface area contributed by atoms with Crippen molar-refractivity contribution in [2.24, 2.45) is 11.8 Å². The summed E-state index contributed by atoms with van der Waals surface area (Å²) in [5.74, 6) is 2.30. The Balaban J connectivity index is 0.00000156. The molecule has 23 heavy (non-hydrogen) atoms. The molecular weight excluding hydrogens is 312 g/mol. The molecule has 0 radical (unpaired) electrons. The fraction of sp³-hybridized carbons (Fsp3) is 0.611. The second-order valence-corrected chi connectivity index (χ2v) is 7.03. The predicted molar refractivity (Wildman–Crippen MR) is 92.2 cm³/mol. The lowest BCUT2D eigenvalue weighted by Crippen LogP contribution is -2.41.